The zero-order valence-electron chi connectivity index (χ0n) is 8.38. The van der Waals surface area contributed by atoms with Gasteiger partial charge in [0.15, 0.2) is 5.75 Å². The molecule has 1 aromatic rings. The second-order valence-corrected chi connectivity index (χ2v) is 3.70. The van der Waals surface area contributed by atoms with Gasteiger partial charge < -0.3 is 14.7 Å². The van der Waals surface area contributed by atoms with Crippen molar-refractivity contribution in [1.82, 2.24) is 0 Å². The van der Waals surface area contributed by atoms with Crippen LogP contribution in [-0.2, 0) is 4.79 Å². The van der Waals surface area contributed by atoms with Crippen LogP contribution < -0.4 is 9.64 Å². The third-order valence-corrected chi connectivity index (χ3v) is 2.70. The maximum absolute atomic E-state index is 11.0. The van der Waals surface area contributed by atoms with Gasteiger partial charge in [0.25, 0.3) is 0 Å². The Hall–Kier alpha value is -2.23. The maximum Gasteiger partial charge on any atom is 0.333 e. The molecule has 1 N–H and O–H groups in total. The lowest BCUT2D eigenvalue weighted by Crippen LogP contribution is -2.28. The van der Waals surface area contributed by atoms with Crippen LogP contribution in [0.3, 0.4) is 0 Å². The molecule has 80 valence electrons. The normalized spacial score (nSPS) is 16.2. The summed E-state index contributed by atoms with van der Waals surface area (Å²) in [4.78, 5) is 12.9. The third kappa shape index (κ3) is 1.20. The predicted molar refractivity (Wildman–Crippen MR) is 59.2 cm³/mol. The summed E-state index contributed by atoms with van der Waals surface area (Å²) in [6.45, 7) is 0.374. The number of hydrogen-bond acceptors (Lipinski definition) is 3. The quantitative estimate of drug-likeness (QED) is 0.776. The number of aliphatic carboxylic acids is 1. The molecule has 1 aromatic carbocycles. The molecule has 4 nitrogen and oxygen atoms in total. The summed E-state index contributed by atoms with van der Waals surface area (Å²) in [5, 5.41) is 9.01. The first-order valence-electron chi connectivity index (χ1n) is 4.92. The van der Waals surface area contributed by atoms with Gasteiger partial charge in [0, 0.05) is 11.8 Å². The van der Waals surface area contributed by atoms with Crippen molar-refractivity contribution in [2.75, 3.05) is 11.4 Å². The molecule has 0 saturated heterocycles. The number of ether oxygens (including phenoxy) is 1. The Labute approximate surface area is 92.1 Å². The number of para-hydroxylation sites is 1. The monoisotopic (exact) mass is 215 g/mol. The Kier molecular flexibility index (Phi) is 1.77. The molecule has 0 saturated carbocycles. The average molecular weight is 215 g/mol. The molecular formula is C12H9NO3. The Morgan fingerprint density at radius 1 is 1.44 bits per heavy atom. The van der Waals surface area contributed by atoms with E-state index in [-0.39, 0.29) is 0 Å². The van der Waals surface area contributed by atoms with E-state index in [1.165, 1.54) is 0 Å². The van der Waals surface area contributed by atoms with Crippen LogP contribution in [0.1, 0.15) is 5.56 Å². The molecule has 3 rings (SSSR count). The van der Waals surface area contributed by atoms with E-state index in [0.29, 0.717) is 12.1 Å². The van der Waals surface area contributed by atoms with Crippen molar-refractivity contribution in [1.29, 1.82) is 0 Å². The van der Waals surface area contributed by atoms with Crippen molar-refractivity contribution >= 4 is 17.7 Å². The Morgan fingerprint density at radius 3 is 3.12 bits per heavy atom. The minimum absolute atomic E-state index is 0.374. The van der Waals surface area contributed by atoms with Gasteiger partial charge in [0.05, 0.1) is 17.8 Å². The summed E-state index contributed by atoms with van der Waals surface area (Å²) in [5.74, 6) is -0.114. The van der Waals surface area contributed by atoms with E-state index in [9.17, 15) is 4.79 Å². The van der Waals surface area contributed by atoms with Crippen molar-refractivity contribution in [3.8, 4) is 5.75 Å². The summed E-state index contributed by atoms with van der Waals surface area (Å²) in [7, 11) is 0. The SMILES string of the molecule is O=C(O)C1=Cc2cccc3c2N(C=CO3)C1. The molecule has 0 spiro atoms. The fourth-order valence-corrected chi connectivity index (χ4v) is 1.99. The van der Waals surface area contributed by atoms with Gasteiger partial charge in [0.1, 0.15) is 6.26 Å². The lowest BCUT2D eigenvalue weighted by Gasteiger charge is -2.30. The molecule has 4 heteroatoms. The van der Waals surface area contributed by atoms with E-state index in [1.54, 1.807) is 18.5 Å². The van der Waals surface area contributed by atoms with Gasteiger partial charge >= 0.3 is 5.97 Å². The van der Waals surface area contributed by atoms with Gasteiger partial charge in [-0.2, -0.15) is 0 Å². The first kappa shape index (κ1) is 9.03. The zero-order valence-corrected chi connectivity index (χ0v) is 8.38. The van der Waals surface area contributed by atoms with E-state index in [0.717, 1.165) is 17.0 Å². The van der Waals surface area contributed by atoms with Crippen LogP contribution in [0, 0.1) is 0 Å². The summed E-state index contributed by atoms with van der Waals surface area (Å²) >= 11 is 0. The number of carboxylic acid groups (broad SMARTS) is 1. The first-order valence-corrected chi connectivity index (χ1v) is 4.92. The molecule has 0 atom stereocenters. The van der Waals surface area contributed by atoms with Gasteiger partial charge in [0.2, 0.25) is 0 Å². The van der Waals surface area contributed by atoms with Crippen molar-refractivity contribution in [3.05, 3.63) is 41.8 Å². The predicted octanol–water partition coefficient (Wildman–Crippen LogP) is 1.84. The largest absolute Gasteiger partial charge is 0.478 e. The highest BCUT2D eigenvalue weighted by Gasteiger charge is 2.25. The molecule has 0 unspecified atom stereocenters. The Morgan fingerprint density at radius 2 is 2.31 bits per heavy atom. The zero-order chi connectivity index (χ0) is 11.1. The molecule has 0 radical (unpaired) electrons. The van der Waals surface area contributed by atoms with Gasteiger partial charge in [-0.15, -0.1) is 0 Å². The number of nitrogens with zero attached hydrogens (tertiary/aromatic N) is 1. The van der Waals surface area contributed by atoms with E-state index in [4.69, 9.17) is 9.84 Å². The molecule has 16 heavy (non-hydrogen) atoms. The van der Waals surface area contributed by atoms with Crippen molar-refractivity contribution < 1.29 is 14.6 Å². The van der Waals surface area contributed by atoms with Gasteiger partial charge in [-0.25, -0.2) is 4.79 Å². The van der Waals surface area contributed by atoms with Crippen molar-refractivity contribution in [2.24, 2.45) is 0 Å². The average Bonchev–Trinajstić information content (AvgIpc) is 2.29. The maximum atomic E-state index is 11.0. The highest BCUT2D eigenvalue weighted by Crippen LogP contribution is 2.39. The molecule has 2 heterocycles. The molecule has 0 bridgehead atoms. The van der Waals surface area contributed by atoms with Crippen molar-refractivity contribution in [3.63, 3.8) is 0 Å². The number of rotatable bonds is 1. The Balaban J connectivity index is 2.20. The fourth-order valence-electron chi connectivity index (χ4n) is 1.99. The van der Waals surface area contributed by atoms with Crippen LogP contribution in [0.25, 0.3) is 6.08 Å². The molecular weight excluding hydrogens is 206 g/mol. The van der Waals surface area contributed by atoms with Crippen LogP contribution in [-0.4, -0.2) is 17.6 Å². The highest BCUT2D eigenvalue weighted by molar-refractivity contribution is 5.97. The summed E-state index contributed by atoms with van der Waals surface area (Å²) in [6.07, 6.45) is 5.01. The number of anilines is 1. The van der Waals surface area contributed by atoms with Crippen molar-refractivity contribution in [2.45, 2.75) is 0 Å². The molecule has 0 fully saturated rings. The van der Waals surface area contributed by atoms with Gasteiger partial charge in [-0.05, 0) is 12.1 Å². The fraction of sp³-hybridized carbons (Fsp3) is 0.0833. The standard InChI is InChI=1S/C12H9NO3/c14-12(15)9-6-8-2-1-3-10-11(8)13(7-9)4-5-16-10/h1-6H,7H2,(H,14,15). The summed E-state index contributed by atoms with van der Waals surface area (Å²) < 4.78 is 5.37. The number of hydrogen-bond donors (Lipinski definition) is 1. The molecule has 0 aliphatic carbocycles. The minimum Gasteiger partial charge on any atom is -0.478 e. The number of carboxylic acids is 1. The molecule has 2 aliphatic rings. The topological polar surface area (TPSA) is 49.8 Å². The van der Waals surface area contributed by atoms with Crippen LogP contribution in [0.5, 0.6) is 5.75 Å². The summed E-state index contributed by atoms with van der Waals surface area (Å²) in [6, 6.07) is 5.61. The highest BCUT2D eigenvalue weighted by atomic mass is 16.5. The second kappa shape index (κ2) is 3.13. The lowest BCUT2D eigenvalue weighted by molar-refractivity contribution is -0.132. The van der Waals surface area contributed by atoms with Crippen LogP contribution in [0.2, 0.25) is 0 Å². The van der Waals surface area contributed by atoms with Gasteiger partial charge in [-0.1, -0.05) is 12.1 Å². The third-order valence-electron chi connectivity index (χ3n) is 2.70. The van der Waals surface area contributed by atoms with Crippen LogP contribution in [0.4, 0.5) is 5.69 Å². The molecule has 0 aromatic heterocycles. The minimum atomic E-state index is -0.879. The smallest absolute Gasteiger partial charge is 0.333 e. The van der Waals surface area contributed by atoms with E-state index >= 15 is 0 Å². The Bertz CT molecular complexity index is 531. The number of benzene rings is 1. The van der Waals surface area contributed by atoms with Gasteiger partial charge in [-0.3, -0.25) is 0 Å². The van der Waals surface area contributed by atoms with E-state index in [1.807, 2.05) is 23.1 Å². The van der Waals surface area contributed by atoms with Crippen LogP contribution in [0.15, 0.2) is 36.2 Å². The van der Waals surface area contributed by atoms with E-state index in [2.05, 4.69) is 0 Å². The molecule has 2 aliphatic heterocycles. The molecule has 0 amide bonds. The van der Waals surface area contributed by atoms with E-state index < -0.39 is 5.97 Å². The van der Waals surface area contributed by atoms with Crippen LogP contribution >= 0.6 is 0 Å². The second-order valence-electron chi connectivity index (χ2n) is 3.70. The summed E-state index contributed by atoms with van der Waals surface area (Å²) in [5.41, 5.74) is 2.21. The first-order chi connectivity index (χ1) is 7.75. The lowest BCUT2D eigenvalue weighted by atomic mass is 10.0. The number of carbonyl (C=O) groups is 1.